The van der Waals surface area contributed by atoms with Gasteiger partial charge in [-0.2, -0.15) is 0 Å². The molecule has 0 aliphatic rings. The fourth-order valence-electron chi connectivity index (χ4n) is 0.810. The van der Waals surface area contributed by atoms with Gasteiger partial charge in [0.2, 0.25) is 0 Å². The maximum atomic E-state index is 11.1. The summed E-state index contributed by atoms with van der Waals surface area (Å²) in [5, 5.41) is 8.65. The molecule has 1 N–H and O–H groups in total. The van der Waals surface area contributed by atoms with Crippen molar-refractivity contribution < 1.29 is 18.3 Å². The van der Waals surface area contributed by atoms with E-state index in [1.165, 1.54) is 11.8 Å². The smallest absolute Gasteiger partial charge is 0.320 e. The van der Waals surface area contributed by atoms with Crippen LogP contribution in [0.2, 0.25) is 0 Å². The lowest BCUT2D eigenvalue weighted by Crippen LogP contribution is -2.38. The molecule has 0 aliphatic heterocycles. The highest BCUT2D eigenvalue weighted by Crippen LogP contribution is 1.97. The van der Waals surface area contributed by atoms with Crippen LogP contribution in [0.5, 0.6) is 0 Å². The Morgan fingerprint density at radius 2 is 2.00 bits per heavy atom. The molecule has 5 nitrogen and oxygen atoms in total. The van der Waals surface area contributed by atoms with Crippen molar-refractivity contribution in [2.24, 2.45) is 0 Å². The highest BCUT2D eigenvalue weighted by atomic mass is 32.2. The van der Waals surface area contributed by atoms with Gasteiger partial charge in [0.25, 0.3) is 0 Å². The second-order valence-electron chi connectivity index (χ2n) is 3.23. The van der Waals surface area contributed by atoms with Crippen LogP contribution < -0.4 is 0 Å². The van der Waals surface area contributed by atoms with E-state index in [9.17, 15) is 13.2 Å². The molecule has 0 saturated carbocycles. The molecule has 84 valence electrons. The number of carbonyl (C=O) groups is 1. The Hall–Kier alpha value is -0.620. The normalized spacial score (nSPS) is 14.3. The van der Waals surface area contributed by atoms with E-state index in [1.807, 2.05) is 0 Å². The molecule has 0 radical (unpaired) electrons. The number of carboxylic acids is 1. The van der Waals surface area contributed by atoms with Gasteiger partial charge in [0.15, 0.2) is 9.84 Å². The van der Waals surface area contributed by atoms with Gasteiger partial charge >= 0.3 is 5.97 Å². The molecular formula is C8H17NO4S. The Labute approximate surface area is 84.6 Å². The summed E-state index contributed by atoms with van der Waals surface area (Å²) in [6.45, 7) is 3.36. The Morgan fingerprint density at radius 3 is 2.36 bits per heavy atom. The molecule has 0 aliphatic carbocycles. The van der Waals surface area contributed by atoms with Gasteiger partial charge < -0.3 is 5.11 Å². The maximum Gasteiger partial charge on any atom is 0.320 e. The Morgan fingerprint density at radius 1 is 1.50 bits per heavy atom. The molecule has 0 fully saturated rings. The lowest BCUT2D eigenvalue weighted by molar-refractivity contribution is -0.142. The summed E-state index contributed by atoms with van der Waals surface area (Å²) in [6, 6.07) is -0.651. The molecular weight excluding hydrogens is 206 g/mol. The third kappa shape index (κ3) is 4.57. The predicted molar refractivity (Wildman–Crippen MR) is 54.1 cm³/mol. The Kier molecular flexibility index (Phi) is 5.07. The summed E-state index contributed by atoms with van der Waals surface area (Å²) < 4.78 is 22.2. The zero-order chi connectivity index (χ0) is 11.4. The fourth-order valence-corrected chi connectivity index (χ4v) is 1.66. The standard InChI is InChI=1S/C8H17NO4S/c1-4-14(12,13)6-5-9(3)7(2)8(10)11/h7H,4-6H2,1-3H3,(H,10,11). The van der Waals surface area contributed by atoms with Gasteiger partial charge in [-0.3, -0.25) is 9.69 Å². The molecule has 0 saturated heterocycles. The van der Waals surface area contributed by atoms with Crippen molar-refractivity contribution in [2.75, 3.05) is 25.1 Å². The monoisotopic (exact) mass is 223 g/mol. The fraction of sp³-hybridized carbons (Fsp3) is 0.875. The zero-order valence-electron chi connectivity index (χ0n) is 8.73. The Balaban J connectivity index is 4.09. The second kappa shape index (κ2) is 5.31. The summed E-state index contributed by atoms with van der Waals surface area (Å²) >= 11 is 0. The van der Waals surface area contributed by atoms with Crippen molar-refractivity contribution in [1.29, 1.82) is 0 Å². The molecule has 0 rings (SSSR count). The molecule has 1 unspecified atom stereocenters. The number of nitrogens with zero attached hydrogens (tertiary/aromatic N) is 1. The van der Waals surface area contributed by atoms with E-state index in [-0.39, 0.29) is 18.1 Å². The van der Waals surface area contributed by atoms with Gasteiger partial charge in [-0.1, -0.05) is 6.92 Å². The predicted octanol–water partition coefficient (Wildman–Crippen LogP) is -0.174. The van der Waals surface area contributed by atoms with E-state index in [4.69, 9.17) is 5.11 Å². The van der Waals surface area contributed by atoms with Crippen LogP contribution >= 0.6 is 0 Å². The van der Waals surface area contributed by atoms with Gasteiger partial charge in [0, 0.05) is 12.3 Å². The molecule has 0 aromatic rings. The lowest BCUT2D eigenvalue weighted by Gasteiger charge is -2.20. The quantitative estimate of drug-likeness (QED) is 0.676. The first kappa shape index (κ1) is 13.4. The largest absolute Gasteiger partial charge is 0.480 e. The highest BCUT2D eigenvalue weighted by molar-refractivity contribution is 7.91. The van der Waals surface area contributed by atoms with Crippen LogP contribution in [0.4, 0.5) is 0 Å². The average Bonchev–Trinajstić information content (AvgIpc) is 2.13. The minimum absolute atomic E-state index is 0.0115. The molecule has 1 atom stereocenters. The van der Waals surface area contributed by atoms with E-state index in [2.05, 4.69) is 0 Å². The van der Waals surface area contributed by atoms with Crippen molar-refractivity contribution >= 4 is 15.8 Å². The van der Waals surface area contributed by atoms with Crippen molar-refractivity contribution in [3.05, 3.63) is 0 Å². The van der Waals surface area contributed by atoms with Crippen LogP contribution in [0, 0.1) is 0 Å². The lowest BCUT2D eigenvalue weighted by atomic mass is 10.3. The number of carboxylic acid groups (broad SMARTS) is 1. The SMILES string of the molecule is CCS(=O)(=O)CCN(C)C(C)C(=O)O. The molecule has 0 aromatic carbocycles. The van der Waals surface area contributed by atoms with Crippen LogP contribution in [0.15, 0.2) is 0 Å². The summed E-state index contributed by atoms with van der Waals surface area (Å²) in [7, 11) is -1.41. The van der Waals surface area contributed by atoms with Gasteiger partial charge in [0.05, 0.1) is 5.75 Å². The summed E-state index contributed by atoms with van der Waals surface area (Å²) in [5.41, 5.74) is 0. The van der Waals surface area contributed by atoms with E-state index in [0.717, 1.165) is 0 Å². The van der Waals surface area contributed by atoms with Gasteiger partial charge in [-0.25, -0.2) is 8.42 Å². The van der Waals surface area contributed by atoms with Crippen molar-refractivity contribution in [1.82, 2.24) is 4.90 Å². The molecule has 6 heteroatoms. The van der Waals surface area contributed by atoms with Crippen LogP contribution in [0.1, 0.15) is 13.8 Å². The van der Waals surface area contributed by atoms with Crippen LogP contribution in [-0.2, 0) is 14.6 Å². The molecule has 0 aromatic heterocycles. The molecule has 0 spiro atoms. The molecule has 0 bridgehead atoms. The van der Waals surface area contributed by atoms with Crippen molar-refractivity contribution in [3.8, 4) is 0 Å². The highest BCUT2D eigenvalue weighted by Gasteiger charge is 2.18. The van der Waals surface area contributed by atoms with Gasteiger partial charge in [-0.15, -0.1) is 0 Å². The van der Waals surface area contributed by atoms with E-state index >= 15 is 0 Å². The van der Waals surface area contributed by atoms with Crippen molar-refractivity contribution in [2.45, 2.75) is 19.9 Å². The number of rotatable bonds is 6. The number of hydrogen-bond donors (Lipinski definition) is 1. The topological polar surface area (TPSA) is 74.7 Å². The van der Waals surface area contributed by atoms with Crippen LogP contribution in [0.3, 0.4) is 0 Å². The first-order valence-electron chi connectivity index (χ1n) is 4.43. The van der Waals surface area contributed by atoms with Crippen LogP contribution in [0.25, 0.3) is 0 Å². The maximum absolute atomic E-state index is 11.1. The van der Waals surface area contributed by atoms with Gasteiger partial charge in [0.1, 0.15) is 6.04 Å². The second-order valence-corrected chi connectivity index (χ2v) is 5.70. The number of likely N-dealkylation sites (N-methyl/N-ethyl adjacent to an activating group) is 1. The number of sulfone groups is 1. The first-order valence-corrected chi connectivity index (χ1v) is 6.25. The van der Waals surface area contributed by atoms with Crippen LogP contribution in [-0.4, -0.2) is 55.5 Å². The first-order chi connectivity index (χ1) is 6.30. The average molecular weight is 223 g/mol. The van der Waals surface area contributed by atoms with E-state index < -0.39 is 21.8 Å². The molecule has 0 heterocycles. The van der Waals surface area contributed by atoms with Crippen molar-refractivity contribution in [3.63, 3.8) is 0 Å². The minimum Gasteiger partial charge on any atom is -0.480 e. The zero-order valence-corrected chi connectivity index (χ0v) is 9.54. The Bertz CT molecular complexity index is 286. The number of aliphatic carboxylic acids is 1. The molecule has 14 heavy (non-hydrogen) atoms. The minimum atomic E-state index is -3.01. The van der Waals surface area contributed by atoms with E-state index in [0.29, 0.717) is 0 Å². The third-order valence-electron chi connectivity index (χ3n) is 2.21. The van der Waals surface area contributed by atoms with E-state index in [1.54, 1.807) is 14.0 Å². The summed E-state index contributed by atoms with van der Waals surface area (Å²) in [4.78, 5) is 12.1. The summed E-state index contributed by atoms with van der Waals surface area (Å²) in [6.07, 6.45) is 0. The third-order valence-corrected chi connectivity index (χ3v) is 3.90. The number of hydrogen-bond acceptors (Lipinski definition) is 4. The molecule has 0 amide bonds. The van der Waals surface area contributed by atoms with Gasteiger partial charge in [-0.05, 0) is 14.0 Å². The summed E-state index contributed by atoms with van der Waals surface area (Å²) in [5.74, 6) is -0.832.